The van der Waals surface area contributed by atoms with Crippen molar-refractivity contribution in [3.8, 4) is 0 Å². The average molecular weight is 287 g/mol. The molecule has 1 aromatic rings. The lowest BCUT2D eigenvalue weighted by Crippen LogP contribution is -2.39. The number of aryl methyl sites for hydroxylation is 2. The first-order chi connectivity index (χ1) is 10.0. The zero-order valence-electron chi connectivity index (χ0n) is 14.5. The Morgan fingerprint density at radius 2 is 1.76 bits per heavy atom. The molecule has 0 saturated heterocycles. The van der Waals surface area contributed by atoms with Gasteiger partial charge in [-0.2, -0.15) is 0 Å². The summed E-state index contributed by atoms with van der Waals surface area (Å²) in [6, 6.07) is 7.05. The van der Waals surface area contributed by atoms with E-state index in [0.717, 1.165) is 12.5 Å². The number of hydrogen-bond acceptors (Lipinski definition) is 1. The van der Waals surface area contributed by atoms with Gasteiger partial charge in [-0.3, -0.25) is 0 Å². The van der Waals surface area contributed by atoms with Gasteiger partial charge in [0.15, 0.2) is 0 Å². The number of rotatable bonds is 6. The van der Waals surface area contributed by atoms with Gasteiger partial charge in [0.1, 0.15) is 0 Å². The van der Waals surface area contributed by atoms with E-state index in [4.69, 9.17) is 0 Å². The minimum absolute atomic E-state index is 0.495. The summed E-state index contributed by atoms with van der Waals surface area (Å²) < 4.78 is 0. The molecule has 0 spiro atoms. The summed E-state index contributed by atoms with van der Waals surface area (Å²) in [5.41, 5.74) is 4.88. The molecular formula is C20H33N. The largest absolute Gasteiger partial charge is 0.316 e. The van der Waals surface area contributed by atoms with Crippen LogP contribution in [0.5, 0.6) is 0 Å². The smallest absolute Gasteiger partial charge is 0.00111 e. The van der Waals surface area contributed by atoms with Crippen LogP contribution in [-0.2, 0) is 6.42 Å². The normalized spacial score (nSPS) is 18.1. The van der Waals surface area contributed by atoms with E-state index in [9.17, 15) is 0 Å². The maximum atomic E-state index is 3.74. The maximum Gasteiger partial charge on any atom is 0.00111 e. The molecule has 0 atom stereocenters. The minimum Gasteiger partial charge on any atom is -0.316 e. The number of nitrogens with one attached hydrogen (secondary N) is 1. The zero-order valence-corrected chi connectivity index (χ0v) is 14.5. The lowest BCUT2D eigenvalue weighted by atomic mass is 9.70. The Kier molecular flexibility index (Phi) is 5.87. The first kappa shape index (κ1) is 16.5. The SMILES string of the molecule is Cc1ccc(CC2(CNCC(C)C)CCCCC2)cc1C. The van der Waals surface area contributed by atoms with Crippen LogP contribution in [0, 0.1) is 25.2 Å². The van der Waals surface area contributed by atoms with E-state index < -0.39 is 0 Å². The van der Waals surface area contributed by atoms with E-state index in [-0.39, 0.29) is 0 Å². The predicted octanol–water partition coefficient (Wildman–Crippen LogP) is 5.04. The molecule has 2 rings (SSSR count). The average Bonchev–Trinajstić information content (AvgIpc) is 2.43. The van der Waals surface area contributed by atoms with Gasteiger partial charge in [-0.1, -0.05) is 51.3 Å². The van der Waals surface area contributed by atoms with Crippen molar-refractivity contribution in [1.29, 1.82) is 0 Å². The van der Waals surface area contributed by atoms with E-state index in [1.165, 1.54) is 61.8 Å². The summed E-state index contributed by atoms with van der Waals surface area (Å²) >= 11 is 0. The van der Waals surface area contributed by atoms with Crippen LogP contribution in [-0.4, -0.2) is 13.1 Å². The van der Waals surface area contributed by atoms with E-state index in [1.54, 1.807) is 0 Å². The van der Waals surface area contributed by atoms with Crippen LogP contribution in [0.2, 0.25) is 0 Å². The zero-order chi connectivity index (χ0) is 15.3. The summed E-state index contributed by atoms with van der Waals surface area (Å²) in [5.74, 6) is 0.743. The molecule has 0 heterocycles. The Bertz CT molecular complexity index is 441. The van der Waals surface area contributed by atoms with Gasteiger partial charge in [0.2, 0.25) is 0 Å². The molecule has 1 nitrogen and oxygen atoms in total. The van der Waals surface area contributed by atoms with E-state index in [2.05, 4.69) is 51.2 Å². The highest BCUT2D eigenvalue weighted by atomic mass is 14.9. The molecular weight excluding hydrogens is 254 g/mol. The molecule has 0 unspecified atom stereocenters. The monoisotopic (exact) mass is 287 g/mol. The highest BCUT2D eigenvalue weighted by Crippen LogP contribution is 2.39. The Balaban J connectivity index is 2.05. The van der Waals surface area contributed by atoms with Crippen molar-refractivity contribution in [3.05, 3.63) is 34.9 Å². The van der Waals surface area contributed by atoms with Gasteiger partial charge in [0.05, 0.1) is 0 Å². The molecule has 1 fully saturated rings. The molecule has 1 N–H and O–H groups in total. The summed E-state index contributed by atoms with van der Waals surface area (Å²) in [6.45, 7) is 11.4. The Labute approximate surface area is 131 Å². The lowest BCUT2D eigenvalue weighted by Gasteiger charge is -2.38. The van der Waals surface area contributed by atoms with Gasteiger partial charge in [0, 0.05) is 6.54 Å². The molecule has 1 aliphatic rings. The van der Waals surface area contributed by atoms with Crippen molar-refractivity contribution in [1.82, 2.24) is 5.32 Å². The molecule has 1 aromatic carbocycles. The van der Waals surface area contributed by atoms with Gasteiger partial charge in [-0.15, -0.1) is 0 Å². The van der Waals surface area contributed by atoms with E-state index in [0.29, 0.717) is 5.41 Å². The van der Waals surface area contributed by atoms with Crippen LogP contribution >= 0.6 is 0 Å². The number of benzene rings is 1. The topological polar surface area (TPSA) is 12.0 Å². The fourth-order valence-corrected chi connectivity index (χ4v) is 3.69. The van der Waals surface area contributed by atoms with Crippen molar-refractivity contribution in [2.75, 3.05) is 13.1 Å². The maximum absolute atomic E-state index is 3.74. The quantitative estimate of drug-likeness (QED) is 0.772. The minimum atomic E-state index is 0.495. The van der Waals surface area contributed by atoms with Crippen LogP contribution in [0.25, 0.3) is 0 Å². The lowest BCUT2D eigenvalue weighted by molar-refractivity contribution is 0.179. The highest BCUT2D eigenvalue weighted by molar-refractivity contribution is 5.30. The molecule has 118 valence electrons. The van der Waals surface area contributed by atoms with Gasteiger partial charge in [-0.05, 0) is 67.7 Å². The molecule has 1 aliphatic carbocycles. The molecule has 1 saturated carbocycles. The first-order valence-corrected chi connectivity index (χ1v) is 8.78. The standard InChI is InChI=1S/C20H33N/c1-16(2)14-21-15-20(10-6-5-7-11-20)13-19-9-8-17(3)18(4)12-19/h8-9,12,16,21H,5-7,10-11,13-15H2,1-4H3. The third kappa shape index (κ3) is 4.85. The van der Waals surface area contributed by atoms with Crippen molar-refractivity contribution >= 4 is 0 Å². The van der Waals surface area contributed by atoms with Crippen LogP contribution < -0.4 is 5.32 Å². The fourth-order valence-electron chi connectivity index (χ4n) is 3.69. The molecule has 0 bridgehead atoms. The fraction of sp³-hybridized carbons (Fsp3) is 0.700. The second-order valence-corrected chi connectivity index (χ2v) is 7.68. The number of hydrogen-bond donors (Lipinski definition) is 1. The Morgan fingerprint density at radius 1 is 1.05 bits per heavy atom. The van der Waals surface area contributed by atoms with Gasteiger partial charge in [0.25, 0.3) is 0 Å². The Hall–Kier alpha value is -0.820. The van der Waals surface area contributed by atoms with Crippen molar-refractivity contribution in [2.24, 2.45) is 11.3 Å². The van der Waals surface area contributed by atoms with Crippen LogP contribution in [0.3, 0.4) is 0 Å². The highest BCUT2D eigenvalue weighted by Gasteiger charge is 2.31. The molecule has 21 heavy (non-hydrogen) atoms. The van der Waals surface area contributed by atoms with Crippen molar-refractivity contribution in [2.45, 2.75) is 66.2 Å². The van der Waals surface area contributed by atoms with E-state index >= 15 is 0 Å². The summed E-state index contributed by atoms with van der Waals surface area (Å²) in [5, 5.41) is 3.74. The molecule has 0 amide bonds. The van der Waals surface area contributed by atoms with Gasteiger partial charge < -0.3 is 5.32 Å². The second kappa shape index (κ2) is 7.45. The first-order valence-electron chi connectivity index (χ1n) is 8.78. The second-order valence-electron chi connectivity index (χ2n) is 7.68. The summed E-state index contributed by atoms with van der Waals surface area (Å²) in [6.07, 6.45) is 8.29. The third-order valence-corrected chi connectivity index (χ3v) is 5.12. The predicted molar refractivity (Wildman–Crippen MR) is 92.8 cm³/mol. The summed E-state index contributed by atoms with van der Waals surface area (Å²) in [4.78, 5) is 0. The van der Waals surface area contributed by atoms with Crippen molar-refractivity contribution < 1.29 is 0 Å². The van der Waals surface area contributed by atoms with Gasteiger partial charge >= 0.3 is 0 Å². The third-order valence-electron chi connectivity index (χ3n) is 5.12. The summed E-state index contributed by atoms with van der Waals surface area (Å²) in [7, 11) is 0. The molecule has 0 aromatic heterocycles. The Morgan fingerprint density at radius 3 is 2.38 bits per heavy atom. The molecule has 0 aliphatic heterocycles. The van der Waals surface area contributed by atoms with E-state index in [1.807, 2.05) is 0 Å². The van der Waals surface area contributed by atoms with Crippen molar-refractivity contribution in [3.63, 3.8) is 0 Å². The van der Waals surface area contributed by atoms with Crippen LogP contribution in [0.4, 0.5) is 0 Å². The van der Waals surface area contributed by atoms with Crippen LogP contribution in [0.1, 0.15) is 62.6 Å². The van der Waals surface area contributed by atoms with Crippen LogP contribution in [0.15, 0.2) is 18.2 Å². The van der Waals surface area contributed by atoms with Gasteiger partial charge in [-0.25, -0.2) is 0 Å². The molecule has 0 radical (unpaired) electrons. The molecule has 1 heteroatoms.